The molecule has 0 amide bonds. The molecule has 4 aromatic carbocycles. The minimum Gasteiger partial charge on any atom is -0.356 e. The molecule has 0 aromatic heterocycles. The third-order valence-corrected chi connectivity index (χ3v) is 4.22. The number of hydrazine groups is 1. The zero-order valence-corrected chi connectivity index (χ0v) is 14.9. The Labute approximate surface area is 159 Å². The van der Waals surface area contributed by atoms with Gasteiger partial charge in [-0.25, -0.2) is 0 Å². The Morgan fingerprint density at radius 3 is 1.33 bits per heavy atom. The first-order valence-electron chi connectivity index (χ1n) is 8.97. The molecule has 3 heteroatoms. The van der Waals surface area contributed by atoms with Crippen LogP contribution in [0.5, 0.6) is 0 Å². The SMILES string of the molecule is c1ccc(Nc2ccc(NN(c3ccccc3)c3ccccc3)cc2)cc1. The van der Waals surface area contributed by atoms with E-state index < -0.39 is 0 Å². The van der Waals surface area contributed by atoms with E-state index >= 15 is 0 Å². The molecule has 0 atom stereocenters. The average Bonchev–Trinajstić information content (AvgIpc) is 2.75. The number of nitrogens with one attached hydrogen (secondary N) is 2. The smallest absolute Gasteiger partial charge is 0.0630 e. The Hall–Kier alpha value is -3.72. The molecule has 0 aliphatic carbocycles. The van der Waals surface area contributed by atoms with Gasteiger partial charge in [-0.1, -0.05) is 54.6 Å². The Balaban J connectivity index is 1.55. The summed E-state index contributed by atoms with van der Waals surface area (Å²) in [5.74, 6) is 0. The van der Waals surface area contributed by atoms with Crippen molar-refractivity contribution in [3.63, 3.8) is 0 Å². The molecule has 0 radical (unpaired) electrons. The lowest BCUT2D eigenvalue weighted by Gasteiger charge is -2.26. The van der Waals surface area contributed by atoms with Crippen molar-refractivity contribution in [2.24, 2.45) is 0 Å². The first-order chi connectivity index (χ1) is 13.4. The van der Waals surface area contributed by atoms with Crippen molar-refractivity contribution in [3.05, 3.63) is 115 Å². The predicted octanol–water partition coefficient (Wildman–Crippen LogP) is 6.60. The van der Waals surface area contributed by atoms with Gasteiger partial charge in [0.1, 0.15) is 0 Å². The topological polar surface area (TPSA) is 27.3 Å². The van der Waals surface area contributed by atoms with Gasteiger partial charge >= 0.3 is 0 Å². The summed E-state index contributed by atoms with van der Waals surface area (Å²) in [7, 11) is 0. The minimum atomic E-state index is 1.02. The van der Waals surface area contributed by atoms with Gasteiger partial charge in [0.25, 0.3) is 0 Å². The van der Waals surface area contributed by atoms with E-state index in [1.165, 1.54) is 0 Å². The minimum absolute atomic E-state index is 1.02. The van der Waals surface area contributed by atoms with Crippen LogP contribution in [0.3, 0.4) is 0 Å². The molecule has 0 unspecified atom stereocenters. The maximum absolute atomic E-state index is 3.51. The normalized spacial score (nSPS) is 10.2. The zero-order chi connectivity index (χ0) is 18.3. The van der Waals surface area contributed by atoms with E-state index in [2.05, 4.69) is 76.4 Å². The molecular formula is C24H21N3. The summed E-state index contributed by atoms with van der Waals surface area (Å²) in [5, 5.41) is 5.49. The molecule has 0 aliphatic heterocycles. The summed E-state index contributed by atoms with van der Waals surface area (Å²) >= 11 is 0. The Kier molecular flexibility index (Phi) is 5.02. The maximum Gasteiger partial charge on any atom is 0.0630 e. The molecule has 0 heterocycles. The molecule has 0 saturated carbocycles. The van der Waals surface area contributed by atoms with Crippen molar-refractivity contribution in [1.29, 1.82) is 0 Å². The van der Waals surface area contributed by atoms with Gasteiger partial charge in [-0.3, -0.25) is 10.4 Å². The molecule has 0 spiro atoms. The molecule has 4 rings (SSSR count). The second kappa shape index (κ2) is 8.11. The van der Waals surface area contributed by atoms with E-state index in [4.69, 9.17) is 0 Å². The molecule has 0 aliphatic rings. The number of benzene rings is 4. The maximum atomic E-state index is 3.51. The van der Waals surface area contributed by atoms with Gasteiger partial charge in [0, 0.05) is 11.4 Å². The van der Waals surface area contributed by atoms with Gasteiger partial charge in [-0.15, -0.1) is 0 Å². The number of nitrogens with zero attached hydrogens (tertiary/aromatic N) is 1. The van der Waals surface area contributed by atoms with Crippen LogP contribution < -0.4 is 15.8 Å². The van der Waals surface area contributed by atoms with Gasteiger partial charge in [0.15, 0.2) is 0 Å². The molecule has 132 valence electrons. The van der Waals surface area contributed by atoms with E-state index in [1.54, 1.807) is 0 Å². The number of hydrogen-bond acceptors (Lipinski definition) is 3. The van der Waals surface area contributed by atoms with Crippen molar-refractivity contribution >= 4 is 28.4 Å². The second-order valence-corrected chi connectivity index (χ2v) is 6.19. The highest BCUT2D eigenvalue weighted by Gasteiger charge is 2.08. The third-order valence-electron chi connectivity index (χ3n) is 4.22. The zero-order valence-electron chi connectivity index (χ0n) is 14.9. The summed E-state index contributed by atoms with van der Waals surface area (Å²) in [5.41, 5.74) is 8.81. The van der Waals surface area contributed by atoms with Crippen molar-refractivity contribution in [2.75, 3.05) is 15.8 Å². The predicted molar refractivity (Wildman–Crippen MR) is 115 cm³/mol. The van der Waals surface area contributed by atoms with Crippen LogP contribution in [0.25, 0.3) is 0 Å². The number of para-hydroxylation sites is 3. The summed E-state index contributed by atoms with van der Waals surface area (Å²) in [4.78, 5) is 0. The van der Waals surface area contributed by atoms with E-state index in [1.807, 2.05) is 54.6 Å². The first-order valence-corrected chi connectivity index (χ1v) is 8.97. The number of rotatable bonds is 6. The molecule has 27 heavy (non-hydrogen) atoms. The standard InChI is InChI=1S/C24H21N3/c1-4-10-20(11-5-1)25-21-16-18-22(19-17-21)26-27(23-12-6-2-7-13-23)24-14-8-3-9-15-24/h1-19,25-26H. The van der Waals surface area contributed by atoms with Crippen LogP contribution in [-0.2, 0) is 0 Å². The van der Waals surface area contributed by atoms with Gasteiger partial charge in [-0.2, -0.15) is 0 Å². The lowest BCUT2D eigenvalue weighted by Crippen LogP contribution is -2.24. The number of anilines is 5. The van der Waals surface area contributed by atoms with Gasteiger partial charge in [0.2, 0.25) is 0 Å². The van der Waals surface area contributed by atoms with Crippen LogP contribution in [0, 0.1) is 0 Å². The highest BCUT2D eigenvalue weighted by Crippen LogP contribution is 2.26. The summed E-state index contributed by atoms with van der Waals surface area (Å²) in [6.45, 7) is 0. The van der Waals surface area contributed by atoms with Crippen LogP contribution in [-0.4, -0.2) is 0 Å². The third kappa shape index (κ3) is 4.28. The largest absolute Gasteiger partial charge is 0.356 e. The summed E-state index contributed by atoms with van der Waals surface area (Å²) < 4.78 is 0. The van der Waals surface area contributed by atoms with Crippen molar-refractivity contribution in [3.8, 4) is 0 Å². The highest BCUT2D eigenvalue weighted by atomic mass is 15.5. The van der Waals surface area contributed by atoms with E-state index in [9.17, 15) is 0 Å². The monoisotopic (exact) mass is 351 g/mol. The van der Waals surface area contributed by atoms with Crippen LogP contribution in [0.1, 0.15) is 0 Å². The quantitative estimate of drug-likeness (QED) is 0.383. The van der Waals surface area contributed by atoms with Gasteiger partial charge in [-0.05, 0) is 60.7 Å². The summed E-state index contributed by atoms with van der Waals surface area (Å²) in [6.07, 6.45) is 0. The van der Waals surface area contributed by atoms with Gasteiger partial charge in [0.05, 0.1) is 17.1 Å². The van der Waals surface area contributed by atoms with E-state index in [0.29, 0.717) is 0 Å². The lowest BCUT2D eigenvalue weighted by molar-refractivity contribution is 1.16. The average molecular weight is 351 g/mol. The Morgan fingerprint density at radius 1 is 0.407 bits per heavy atom. The van der Waals surface area contributed by atoms with Crippen LogP contribution in [0.2, 0.25) is 0 Å². The van der Waals surface area contributed by atoms with Crippen molar-refractivity contribution < 1.29 is 0 Å². The molecule has 3 nitrogen and oxygen atoms in total. The van der Waals surface area contributed by atoms with Crippen molar-refractivity contribution in [2.45, 2.75) is 0 Å². The highest BCUT2D eigenvalue weighted by molar-refractivity contribution is 5.69. The fraction of sp³-hybridized carbons (Fsp3) is 0. The fourth-order valence-corrected chi connectivity index (χ4v) is 2.88. The molecule has 0 fully saturated rings. The molecule has 4 aromatic rings. The molecule has 0 bridgehead atoms. The second-order valence-electron chi connectivity index (χ2n) is 6.19. The van der Waals surface area contributed by atoms with E-state index in [-0.39, 0.29) is 0 Å². The van der Waals surface area contributed by atoms with E-state index in [0.717, 1.165) is 28.4 Å². The lowest BCUT2D eigenvalue weighted by atomic mass is 10.2. The van der Waals surface area contributed by atoms with Gasteiger partial charge < -0.3 is 5.32 Å². The van der Waals surface area contributed by atoms with Crippen LogP contribution in [0.4, 0.5) is 28.4 Å². The van der Waals surface area contributed by atoms with Crippen molar-refractivity contribution in [1.82, 2.24) is 0 Å². The fourth-order valence-electron chi connectivity index (χ4n) is 2.88. The van der Waals surface area contributed by atoms with Crippen LogP contribution >= 0.6 is 0 Å². The Bertz CT molecular complexity index is 913. The molecule has 2 N–H and O–H groups in total. The Morgan fingerprint density at radius 2 is 0.815 bits per heavy atom. The molecule has 0 saturated heterocycles. The van der Waals surface area contributed by atoms with Crippen LogP contribution in [0.15, 0.2) is 115 Å². The first kappa shape index (κ1) is 16.7. The number of hydrogen-bond donors (Lipinski definition) is 2. The summed E-state index contributed by atoms with van der Waals surface area (Å²) in [6, 6.07) is 39.0. The molecular weight excluding hydrogens is 330 g/mol.